The molecule has 30 heavy (non-hydrogen) atoms. The van der Waals surface area contributed by atoms with E-state index >= 15 is 0 Å². The van der Waals surface area contributed by atoms with Crippen LogP contribution in [0.15, 0.2) is 48.8 Å². The summed E-state index contributed by atoms with van der Waals surface area (Å²) in [4.78, 5) is 23.3. The van der Waals surface area contributed by atoms with Crippen LogP contribution in [0.4, 0.5) is 0 Å². The van der Waals surface area contributed by atoms with Crippen molar-refractivity contribution in [2.24, 2.45) is 0 Å². The molecule has 1 aromatic carbocycles. The van der Waals surface area contributed by atoms with Crippen molar-refractivity contribution in [2.75, 3.05) is 46.9 Å². The molecule has 0 spiro atoms. The lowest BCUT2D eigenvalue weighted by molar-refractivity contribution is -0.137. The molecule has 0 saturated carbocycles. The van der Waals surface area contributed by atoms with Crippen molar-refractivity contribution in [3.8, 4) is 11.1 Å². The Morgan fingerprint density at radius 2 is 1.90 bits per heavy atom. The van der Waals surface area contributed by atoms with Gasteiger partial charge < -0.3 is 14.9 Å². The Hall–Kier alpha value is -2.28. The summed E-state index contributed by atoms with van der Waals surface area (Å²) in [6.07, 6.45) is 5.74. The highest BCUT2D eigenvalue weighted by Gasteiger charge is 2.49. The maximum absolute atomic E-state index is 12.8. The molecule has 0 bridgehead atoms. The van der Waals surface area contributed by atoms with E-state index in [0.717, 1.165) is 43.6 Å². The lowest BCUT2D eigenvalue weighted by Crippen LogP contribution is -2.68. The third-order valence-corrected chi connectivity index (χ3v) is 6.46. The summed E-state index contributed by atoms with van der Waals surface area (Å²) in [7, 11) is 3.87. The predicted octanol–water partition coefficient (Wildman–Crippen LogP) is 2.06. The number of rotatable bonds is 5. The van der Waals surface area contributed by atoms with Gasteiger partial charge in [-0.05, 0) is 56.2 Å². The molecule has 2 fully saturated rings. The van der Waals surface area contributed by atoms with Crippen molar-refractivity contribution in [1.29, 1.82) is 0 Å². The van der Waals surface area contributed by atoms with Crippen molar-refractivity contribution in [1.82, 2.24) is 19.7 Å². The van der Waals surface area contributed by atoms with E-state index in [1.165, 1.54) is 5.56 Å². The van der Waals surface area contributed by atoms with Crippen molar-refractivity contribution >= 4 is 5.91 Å². The van der Waals surface area contributed by atoms with E-state index in [0.29, 0.717) is 6.54 Å². The minimum atomic E-state index is 0.128. The van der Waals surface area contributed by atoms with Crippen LogP contribution in [0.25, 0.3) is 11.1 Å². The van der Waals surface area contributed by atoms with Gasteiger partial charge in [0, 0.05) is 43.5 Å². The molecule has 0 unspecified atom stereocenters. The van der Waals surface area contributed by atoms with Crippen LogP contribution in [-0.4, -0.2) is 89.7 Å². The average molecular weight is 409 g/mol. The van der Waals surface area contributed by atoms with Gasteiger partial charge in [-0.25, -0.2) is 0 Å². The molecule has 2 aliphatic rings. The second-order valence-corrected chi connectivity index (χ2v) is 8.73. The first-order chi connectivity index (χ1) is 14.6. The van der Waals surface area contributed by atoms with Gasteiger partial charge >= 0.3 is 0 Å². The number of aliphatic hydroxyl groups is 1. The lowest BCUT2D eigenvalue weighted by atomic mass is 9.74. The third kappa shape index (κ3) is 4.26. The van der Waals surface area contributed by atoms with E-state index in [1.807, 2.05) is 36.2 Å². The summed E-state index contributed by atoms with van der Waals surface area (Å²) in [5.74, 6) is 0.436. The number of hydrogen-bond acceptors (Lipinski definition) is 5. The van der Waals surface area contributed by atoms with Gasteiger partial charge in [0.05, 0.1) is 13.2 Å². The number of carbonyl (C=O) groups excluding carboxylic acids is 1. The molecule has 1 N–H and O–H groups in total. The van der Waals surface area contributed by atoms with E-state index in [2.05, 4.69) is 40.2 Å². The molecule has 3 atom stereocenters. The normalized spacial score (nSPS) is 24.7. The van der Waals surface area contributed by atoms with Crippen molar-refractivity contribution in [3.05, 3.63) is 54.4 Å². The molecular formula is C24H32N4O2. The Morgan fingerprint density at radius 1 is 1.13 bits per heavy atom. The first kappa shape index (κ1) is 21.0. The summed E-state index contributed by atoms with van der Waals surface area (Å²) < 4.78 is 0. The molecule has 2 aliphatic heterocycles. The summed E-state index contributed by atoms with van der Waals surface area (Å²) in [5, 5.41) is 10.1. The highest BCUT2D eigenvalue weighted by Crippen LogP contribution is 2.42. The fourth-order valence-corrected chi connectivity index (χ4v) is 4.97. The Kier molecular flexibility index (Phi) is 6.46. The minimum Gasteiger partial charge on any atom is -0.395 e. The van der Waals surface area contributed by atoms with E-state index in [9.17, 15) is 9.90 Å². The first-order valence-electron chi connectivity index (χ1n) is 10.9. The number of carbonyl (C=O) groups is 1. The zero-order valence-electron chi connectivity index (χ0n) is 17.9. The number of nitrogens with zero attached hydrogens (tertiary/aromatic N) is 4. The third-order valence-electron chi connectivity index (χ3n) is 6.46. The van der Waals surface area contributed by atoms with Crippen LogP contribution in [0.3, 0.4) is 0 Å². The Labute approximate surface area is 179 Å². The molecule has 2 aromatic rings. The number of fused-ring (bicyclic) bond motifs is 1. The number of amides is 1. The van der Waals surface area contributed by atoms with Crippen LogP contribution >= 0.6 is 0 Å². The Morgan fingerprint density at radius 3 is 2.57 bits per heavy atom. The summed E-state index contributed by atoms with van der Waals surface area (Å²) in [6.45, 7) is 3.15. The molecule has 3 heterocycles. The maximum Gasteiger partial charge on any atom is 0.236 e. The number of pyridine rings is 1. The van der Waals surface area contributed by atoms with Gasteiger partial charge in [0.25, 0.3) is 0 Å². The van der Waals surface area contributed by atoms with Gasteiger partial charge in [0.2, 0.25) is 5.91 Å². The topological polar surface area (TPSA) is 59.9 Å². The van der Waals surface area contributed by atoms with Gasteiger partial charge in [0.1, 0.15) is 0 Å². The van der Waals surface area contributed by atoms with Gasteiger partial charge in [-0.1, -0.05) is 30.3 Å². The summed E-state index contributed by atoms with van der Waals surface area (Å²) in [6, 6.07) is 13.0. The number of aromatic nitrogens is 1. The van der Waals surface area contributed by atoms with Crippen LogP contribution < -0.4 is 0 Å². The largest absolute Gasteiger partial charge is 0.395 e. The van der Waals surface area contributed by atoms with E-state index in [1.54, 1.807) is 6.20 Å². The number of aliphatic hydroxyl groups excluding tert-OH is 1. The summed E-state index contributed by atoms with van der Waals surface area (Å²) >= 11 is 0. The molecule has 160 valence electrons. The van der Waals surface area contributed by atoms with Gasteiger partial charge in [-0.3, -0.25) is 14.7 Å². The second-order valence-electron chi connectivity index (χ2n) is 8.73. The average Bonchev–Trinajstić information content (AvgIpc) is 2.73. The number of likely N-dealkylation sites (N-methyl/N-ethyl adjacent to an activating group) is 1. The van der Waals surface area contributed by atoms with E-state index < -0.39 is 0 Å². The number of benzene rings is 1. The van der Waals surface area contributed by atoms with Crippen LogP contribution in [-0.2, 0) is 4.79 Å². The van der Waals surface area contributed by atoms with E-state index in [4.69, 9.17) is 0 Å². The van der Waals surface area contributed by atoms with Crippen molar-refractivity contribution < 1.29 is 9.90 Å². The Bertz CT molecular complexity index is 840. The molecule has 2 saturated heterocycles. The predicted molar refractivity (Wildman–Crippen MR) is 118 cm³/mol. The van der Waals surface area contributed by atoms with Crippen LogP contribution in [0.5, 0.6) is 0 Å². The molecule has 4 rings (SSSR count). The quantitative estimate of drug-likeness (QED) is 0.821. The van der Waals surface area contributed by atoms with Gasteiger partial charge in [-0.2, -0.15) is 0 Å². The smallest absolute Gasteiger partial charge is 0.236 e. The zero-order valence-corrected chi connectivity index (χ0v) is 17.9. The highest BCUT2D eigenvalue weighted by atomic mass is 16.3. The molecule has 0 radical (unpaired) electrons. The highest BCUT2D eigenvalue weighted by molar-refractivity contribution is 5.78. The molecular weight excluding hydrogens is 376 g/mol. The SMILES string of the molecule is CN(C)CC(=O)N1CCCCN2[C@H](CO)[C@H](c3ccc(-c4cccnc4)cc3)[C@@H]2C1. The molecule has 1 amide bonds. The molecule has 0 aliphatic carbocycles. The Balaban J connectivity index is 1.55. The minimum absolute atomic E-state index is 0.128. The van der Waals surface area contributed by atoms with Crippen molar-refractivity contribution in [3.63, 3.8) is 0 Å². The van der Waals surface area contributed by atoms with E-state index in [-0.39, 0.29) is 30.5 Å². The first-order valence-corrected chi connectivity index (χ1v) is 10.9. The van der Waals surface area contributed by atoms with Crippen LogP contribution in [0.2, 0.25) is 0 Å². The lowest BCUT2D eigenvalue weighted by Gasteiger charge is -2.57. The maximum atomic E-state index is 12.8. The van der Waals surface area contributed by atoms with Gasteiger partial charge in [0.15, 0.2) is 0 Å². The second kappa shape index (κ2) is 9.25. The fraction of sp³-hybridized carbons (Fsp3) is 0.500. The monoisotopic (exact) mass is 408 g/mol. The molecule has 6 nitrogen and oxygen atoms in total. The zero-order chi connectivity index (χ0) is 21.1. The standard InChI is InChI=1S/C24H32N4O2/c1-26(2)16-23(30)27-12-3-4-13-28-21(15-27)24(22(28)17-29)19-9-7-18(8-10-19)20-6-5-11-25-14-20/h5-11,14,21-22,24,29H,3-4,12-13,15-17H2,1-2H3/t21-,22+,24+/m0/s1. The van der Waals surface area contributed by atoms with Crippen molar-refractivity contribution in [2.45, 2.75) is 30.8 Å². The molecule has 1 aromatic heterocycles. The van der Waals surface area contributed by atoms with Crippen LogP contribution in [0, 0.1) is 0 Å². The van der Waals surface area contributed by atoms with Gasteiger partial charge in [-0.15, -0.1) is 0 Å². The summed E-state index contributed by atoms with van der Waals surface area (Å²) in [5.41, 5.74) is 3.48. The van der Waals surface area contributed by atoms with Crippen LogP contribution in [0.1, 0.15) is 24.3 Å². The fourth-order valence-electron chi connectivity index (χ4n) is 4.97. The molecule has 6 heteroatoms. The number of hydrogen-bond donors (Lipinski definition) is 1.